The van der Waals surface area contributed by atoms with Crippen LogP contribution in [0.25, 0.3) is 0 Å². The molecule has 0 unspecified atom stereocenters. The third-order valence-electron chi connectivity index (χ3n) is 4.63. The number of nitrogens with one attached hydrogen (secondary N) is 2. The van der Waals surface area contributed by atoms with Crippen LogP contribution in [0.15, 0.2) is 41.1 Å². The summed E-state index contributed by atoms with van der Waals surface area (Å²) in [6.45, 7) is 4.88. The molecule has 128 valence electrons. The van der Waals surface area contributed by atoms with E-state index in [4.69, 9.17) is 4.42 Å². The van der Waals surface area contributed by atoms with Gasteiger partial charge in [0.05, 0.1) is 12.2 Å². The normalized spacial score (nSPS) is 20.9. The van der Waals surface area contributed by atoms with Crippen LogP contribution in [-0.4, -0.2) is 42.6 Å². The molecule has 1 aliphatic rings. The number of amides is 2. The number of likely N-dealkylation sites (N-methyl/N-ethyl adjacent to an activating group) is 1. The maximum Gasteiger partial charge on any atom is 0.315 e. The predicted molar refractivity (Wildman–Crippen MR) is 91.6 cm³/mol. The first-order valence-corrected chi connectivity index (χ1v) is 8.27. The van der Waals surface area contributed by atoms with Gasteiger partial charge in [-0.05, 0) is 25.5 Å². The highest BCUT2D eigenvalue weighted by Gasteiger charge is 2.31. The molecule has 0 aliphatic carbocycles. The second kappa shape index (κ2) is 7.49. The Morgan fingerprint density at radius 3 is 2.79 bits per heavy atom. The Bertz CT molecular complexity index is 671. The molecule has 2 aromatic rings. The highest BCUT2D eigenvalue weighted by atomic mass is 16.3. The molecule has 6 heteroatoms. The topological polar surface area (TPSA) is 70.4 Å². The SMILES string of the molecule is Cc1ncoc1CNC(=O)NC[C@@H]1CN(C)C[C@H]1c1ccccc1. The first-order chi connectivity index (χ1) is 11.6. The van der Waals surface area contributed by atoms with Crippen molar-refractivity contribution in [2.24, 2.45) is 5.92 Å². The van der Waals surface area contributed by atoms with Crippen LogP contribution in [0.1, 0.15) is 22.9 Å². The van der Waals surface area contributed by atoms with Gasteiger partial charge in [-0.15, -0.1) is 0 Å². The third-order valence-corrected chi connectivity index (χ3v) is 4.63. The Labute approximate surface area is 142 Å². The molecule has 1 saturated heterocycles. The average molecular weight is 328 g/mol. The van der Waals surface area contributed by atoms with E-state index in [0.717, 1.165) is 18.8 Å². The molecule has 2 atom stereocenters. The Kier molecular flexibility index (Phi) is 5.15. The smallest absolute Gasteiger partial charge is 0.315 e. The number of aromatic nitrogens is 1. The zero-order valence-corrected chi connectivity index (χ0v) is 14.2. The van der Waals surface area contributed by atoms with Crippen LogP contribution < -0.4 is 10.6 Å². The van der Waals surface area contributed by atoms with Crippen LogP contribution in [0, 0.1) is 12.8 Å². The lowest BCUT2D eigenvalue weighted by Crippen LogP contribution is -2.39. The van der Waals surface area contributed by atoms with Crippen molar-refractivity contribution in [2.75, 3.05) is 26.7 Å². The van der Waals surface area contributed by atoms with Crippen molar-refractivity contribution in [3.05, 3.63) is 53.7 Å². The molecule has 1 aliphatic heterocycles. The van der Waals surface area contributed by atoms with Gasteiger partial charge in [0.2, 0.25) is 0 Å². The van der Waals surface area contributed by atoms with Crippen molar-refractivity contribution in [1.82, 2.24) is 20.5 Å². The Morgan fingerprint density at radius 1 is 1.29 bits per heavy atom. The zero-order chi connectivity index (χ0) is 16.9. The van der Waals surface area contributed by atoms with Gasteiger partial charge in [-0.3, -0.25) is 0 Å². The number of benzene rings is 1. The van der Waals surface area contributed by atoms with Gasteiger partial charge in [0.1, 0.15) is 5.76 Å². The standard InChI is InChI=1S/C18H24N4O2/c1-13-17(24-12-21-13)9-20-18(23)19-8-15-10-22(2)11-16(15)14-6-4-3-5-7-14/h3-7,12,15-16H,8-11H2,1-2H3,(H2,19,20,23)/t15-,16+/m1/s1. The minimum atomic E-state index is -0.174. The second-order valence-corrected chi connectivity index (χ2v) is 6.42. The summed E-state index contributed by atoms with van der Waals surface area (Å²) in [7, 11) is 2.13. The van der Waals surface area contributed by atoms with E-state index in [1.807, 2.05) is 13.0 Å². The molecule has 2 N–H and O–H groups in total. The number of rotatable bonds is 5. The zero-order valence-electron chi connectivity index (χ0n) is 14.2. The summed E-state index contributed by atoms with van der Waals surface area (Å²) >= 11 is 0. The molecule has 24 heavy (non-hydrogen) atoms. The maximum absolute atomic E-state index is 12.0. The quantitative estimate of drug-likeness (QED) is 0.882. The van der Waals surface area contributed by atoms with Gasteiger partial charge >= 0.3 is 6.03 Å². The van der Waals surface area contributed by atoms with E-state index in [9.17, 15) is 4.79 Å². The van der Waals surface area contributed by atoms with Crippen LogP contribution in [0.3, 0.4) is 0 Å². The summed E-state index contributed by atoms with van der Waals surface area (Å²) < 4.78 is 5.22. The molecular formula is C18H24N4O2. The predicted octanol–water partition coefficient (Wildman–Crippen LogP) is 2.13. The molecular weight excluding hydrogens is 304 g/mol. The van der Waals surface area contributed by atoms with Crippen molar-refractivity contribution in [3.63, 3.8) is 0 Å². The van der Waals surface area contributed by atoms with E-state index in [-0.39, 0.29) is 6.03 Å². The first kappa shape index (κ1) is 16.5. The minimum absolute atomic E-state index is 0.174. The number of carbonyl (C=O) groups excluding carboxylic acids is 1. The number of likely N-dealkylation sites (tertiary alicyclic amines) is 1. The van der Waals surface area contributed by atoms with Crippen molar-refractivity contribution in [2.45, 2.75) is 19.4 Å². The summed E-state index contributed by atoms with van der Waals surface area (Å²) in [6, 6.07) is 10.4. The van der Waals surface area contributed by atoms with Crippen LogP contribution in [0.4, 0.5) is 4.79 Å². The third kappa shape index (κ3) is 3.94. The van der Waals surface area contributed by atoms with Crippen molar-refractivity contribution >= 4 is 6.03 Å². The van der Waals surface area contributed by atoms with Crippen LogP contribution >= 0.6 is 0 Å². The van der Waals surface area contributed by atoms with Crippen LogP contribution in [0.2, 0.25) is 0 Å². The molecule has 1 fully saturated rings. The van der Waals surface area contributed by atoms with Gasteiger partial charge in [0.15, 0.2) is 6.39 Å². The van der Waals surface area contributed by atoms with E-state index in [2.05, 4.69) is 51.8 Å². The molecule has 2 heterocycles. The summed E-state index contributed by atoms with van der Waals surface area (Å²) in [5.74, 6) is 1.55. The van der Waals surface area contributed by atoms with Crippen molar-refractivity contribution < 1.29 is 9.21 Å². The summed E-state index contributed by atoms with van der Waals surface area (Å²) in [6.07, 6.45) is 1.39. The van der Waals surface area contributed by atoms with E-state index in [1.54, 1.807) is 0 Å². The van der Waals surface area contributed by atoms with E-state index in [0.29, 0.717) is 30.7 Å². The fourth-order valence-corrected chi connectivity index (χ4v) is 3.31. The number of carbonyl (C=O) groups is 1. The fraction of sp³-hybridized carbons (Fsp3) is 0.444. The van der Waals surface area contributed by atoms with Crippen LogP contribution in [-0.2, 0) is 6.54 Å². The van der Waals surface area contributed by atoms with Crippen LogP contribution in [0.5, 0.6) is 0 Å². The van der Waals surface area contributed by atoms with Gasteiger partial charge in [0, 0.05) is 25.6 Å². The molecule has 6 nitrogen and oxygen atoms in total. The second-order valence-electron chi connectivity index (χ2n) is 6.42. The first-order valence-electron chi connectivity index (χ1n) is 8.27. The van der Waals surface area contributed by atoms with Gasteiger partial charge < -0.3 is 20.0 Å². The molecule has 0 radical (unpaired) electrons. The fourth-order valence-electron chi connectivity index (χ4n) is 3.31. The van der Waals surface area contributed by atoms with Gasteiger partial charge in [0.25, 0.3) is 0 Å². The molecule has 0 saturated carbocycles. The lowest BCUT2D eigenvalue weighted by molar-refractivity contribution is 0.237. The Balaban J connectivity index is 1.51. The Morgan fingerprint density at radius 2 is 2.08 bits per heavy atom. The average Bonchev–Trinajstić information content (AvgIpc) is 3.17. The number of oxazole rings is 1. The lowest BCUT2D eigenvalue weighted by atomic mass is 9.89. The number of hydrogen-bond acceptors (Lipinski definition) is 4. The molecule has 1 aromatic carbocycles. The number of aryl methyl sites for hydroxylation is 1. The monoisotopic (exact) mass is 328 g/mol. The van der Waals surface area contributed by atoms with Gasteiger partial charge in [-0.25, -0.2) is 9.78 Å². The molecule has 1 aromatic heterocycles. The summed E-state index contributed by atoms with van der Waals surface area (Å²) in [5.41, 5.74) is 2.14. The van der Waals surface area contributed by atoms with Gasteiger partial charge in [-0.2, -0.15) is 0 Å². The molecule has 3 rings (SSSR count). The molecule has 2 amide bonds. The lowest BCUT2D eigenvalue weighted by Gasteiger charge is -2.19. The maximum atomic E-state index is 12.0. The summed E-state index contributed by atoms with van der Waals surface area (Å²) in [5, 5.41) is 5.81. The largest absolute Gasteiger partial charge is 0.446 e. The minimum Gasteiger partial charge on any atom is -0.446 e. The Hall–Kier alpha value is -2.34. The number of urea groups is 1. The number of hydrogen-bond donors (Lipinski definition) is 2. The number of nitrogens with zero attached hydrogens (tertiary/aromatic N) is 2. The van der Waals surface area contributed by atoms with Crippen molar-refractivity contribution in [1.29, 1.82) is 0 Å². The highest BCUT2D eigenvalue weighted by Crippen LogP contribution is 2.31. The van der Waals surface area contributed by atoms with E-state index < -0.39 is 0 Å². The van der Waals surface area contributed by atoms with Gasteiger partial charge in [-0.1, -0.05) is 30.3 Å². The summed E-state index contributed by atoms with van der Waals surface area (Å²) in [4.78, 5) is 18.4. The van der Waals surface area contributed by atoms with E-state index in [1.165, 1.54) is 12.0 Å². The molecule has 0 spiro atoms. The highest BCUT2D eigenvalue weighted by molar-refractivity contribution is 5.73. The van der Waals surface area contributed by atoms with Crippen molar-refractivity contribution in [3.8, 4) is 0 Å². The molecule has 0 bridgehead atoms. The van der Waals surface area contributed by atoms with E-state index >= 15 is 0 Å².